The van der Waals surface area contributed by atoms with Crippen LogP contribution in [0.4, 0.5) is 0 Å². The Morgan fingerprint density at radius 1 is 1.47 bits per heavy atom. The summed E-state index contributed by atoms with van der Waals surface area (Å²) in [6, 6.07) is 3.20. The number of aryl methyl sites for hydroxylation is 1. The summed E-state index contributed by atoms with van der Waals surface area (Å²) in [5.41, 5.74) is 7.44. The van der Waals surface area contributed by atoms with Gasteiger partial charge in [-0.2, -0.15) is 5.10 Å². The highest BCUT2D eigenvalue weighted by Gasteiger charge is 2.12. The van der Waals surface area contributed by atoms with E-state index in [2.05, 4.69) is 26.0 Å². The third-order valence-corrected chi connectivity index (χ3v) is 3.60. The molecule has 2 rings (SSSR count). The average molecular weight is 295 g/mol. The maximum absolute atomic E-state index is 11.1. The Morgan fingerprint density at radius 3 is 2.71 bits per heavy atom. The molecular formula is C11H11BrN4O. The van der Waals surface area contributed by atoms with Gasteiger partial charge in [0.15, 0.2) is 5.82 Å². The van der Waals surface area contributed by atoms with Crippen LogP contribution in [0.25, 0.3) is 5.82 Å². The van der Waals surface area contributed by atoms with Gasteiger partial charge in [0.25, 0.3) is 0 Å². The van der Waals surface area contributed by atoms with Crippen molar-refractivity contribution < 1.29 is 4.79 Å². The Morgan fingerprint density at radius 2 is 2.18 bits per heavy atom. The highest BCUT2D eigenvalue weighted by atomic mass is 79.9. The minimum atomic E-state index is -0.478. The summed E-state index contributed by atoms with van der Waals surface area (Å²) in [6.07, 6.45) is 1.54. The zero-order valence-electron chi connectivity index (χ0n) is 9.44. The zero-order chi connectivity index (χ0) is 12.6. The second kappa shape index (κ2) is 4.29. The molecule has 2 aromatic heterocycles. The molecule has 0 radical (unpaired) electrons. The molecule has 2 N–H and O–H groups in total. The van der Waals surface area contributed by atoms with Gasteiger partial charge in [0, 0.05) is 11.8 Å². The molecule has 0 atom stereocenters. The lowest BCUT2D eigenvalue weighted by atomic mass is 10.2. The summed E-state index contributed by atoms with van der Waals surface area (Å²) in [6.45, 7) is 3.81. The van der Waals surface area contributed by atoms with Gasteiger partial charge in [-0.1, -0.05) is 0 Å². The van der Waals surface area contributed by atoms with Crippen LogP contribution in [0.5, 0.6) is 0 Å². The summed E-state index contributed by atoms with van der Waals surface area (Å²) < 4.78 is 2.61. The van der Waals surface area contributed by atoms with E-state index in [0.717, 1.165) is 15.9 Å². The van der Waals surface area contributed by atoms with Crippen LogP contribution >= 0.6 is 15.9 Å². The number of amides is 1. The van der Waals surface area contributed by atoms with E-state index in [1.54, 1.807) is 23.0 Å². The van der Waals surface area contributed by atoms with Gasteiger partial charge in [-0.3, -0.25) is 4.79 Å². The van der Waals surface area contributed by atoms with E-state index in [0.29, 0.717) is 11.4 Å². The van der Waals surface area contributed by atoms with E-state index >= 15 is 0 Å². The topological polar surface area (TPSA) is 73.8 Å². The summed E-state index contributed by atoms with van der Waals surface area (Å²) >= 11 is 3.44. The van der Waals surface area contributed by atoms with Crippen LogP contribution in [0.3, 0.4) is 0 Å². The minimum Gasteiger partial charge on any atom is -0.366 e. The lowest BCUT2D eigenvalue weighted by Gasteiger charge is -2.04. The highest BCUT2D eigenvalue weighted by Crippen LogP contribution is 2.22. The largest absolute Gasteiger partial charge is 0.366 e. The predicted octanol–water partition coefficient (Wildman–Crippen LogP) is 1.75. The minimum absolute atomic E-state index is 0.415. The molecule has 5 nitrogen and oxygen atoms in total. The monoisotopic (exact) mass is 294 g/mol. The van der Waals surface area contributed by atoms with Crippen LogP contribution in [0, 0.1) is 13.8 Å². The van der Waals surface area contributed by atoms with Gasteiger partial charge >= 0.3 is 0 Å². The number of primary amides is 1. The van der Waals surface area contributed by atoms with Crippen LogP contribution in [0.2, 0.25) is 0 Å². The fraction of sp³-hybridized carbons (Fsp3) is 0.182. The van der Waals surface area contributed by atoms with Crippen molar-refractivity contribution in [3.05, 3.63) is 39.8 Å². The lowest BCUT2D eigenvalue weighted by Crippen LogP contribution is -2.12. The molecule has 0 aliphatic heterocycles. The van der Waals surface area contributed by atoms with Gasteiger partial charge in [-0.15, -0.1) is 0 Å². The molecule has 0 unspecified atom stereocenters. The normalized spacial score (nSPS) is 10.5. The van der Waals surface area contributed by atoms with E-state index in [-0.39, 0.29) is 0 Å². The maximum Gasteiger partial charge on any atom is 0.248 e. The molecule has 0 aliphatic rings. The number of nitrogens with two attached hydrogens (primary N) is 1. The van der Waals surface area contributed by atoms with E-state index in [9.17, 15) is 4.79 Å². The van der Waals surface area contributed by atoms with Gasteiger partial charge < -0.3 is 5.73 Å². The maximum atomic E-state index is 11.1. The second-order valence-electron chi connectivity index (χ2n) is 3.66. The van der Waals surface area contributed by atoms with Crippen LogP contribution in [0.1, 0.15) is 21.7 Å². The number of halogens is 1. The highest BCUT2D eigenvalue weighted by molar-refractivity contribution is 9.10. The Labute approximate surface area is 107 Å². The van der Waals surface area contributed by atoms with Crippen molar-refractivity contribution in [2.45, 2.75) is 13.8 Å². The quantitative estimate of drug-likeness (QED) is 0.917. The molecule has 0 bridgehead atoms. The average Bonchev–Trinajstić information content (AvgIpc) is 2.57. The Bertz CT molecular complexity index is 591. The van der Waals surface area contributed by atoms with Crippen LogP contribution < -0.4 is 5.73 Å². The molecule has 0 fully saturated rings. The van der Waals surface area contributed by atoms with Crippen molar-refractivity contribution in [3.8, 4) is 5.82 Å². The molecule has 88 valence electrons. The first-order chi connectivity index (χ1) is 8.00. The standard InChI is InChI=1S/C11H11BrN4O/c1-6-10(12)7(2)16(15-6)9-5-8(11(13)17)3-4-14-9/h3-5H,1-2H3,(H2,13,17). The van der Waals surface area contributed by atoms with Crippen LogP contribution in [0.15, 0.2) is 22.8 Å². The predicted molar refractivity (Wildman–Crippen MR) is 67.1 cm³/mol. The fourth-order valence-corrected chi connectivity index (χ4v) is 1.78. The Hall–Kier alpha value is -1.69. The molecule has 0 saturated carbocycles. The molecular weight excluding hydrogens is 284 g/mol. The summed E-state index contributed by atoms with van der Waals surface area (Å²) in [7, 11) is 0. The van der Waals surface area contributed by atoms with Crippen LogP contribution in [-0.4, -0.2) is 20.7 Å². The molecule has 0 aromatic carbocycles. The molecule has 0 aliphatic carbocycles. The van der Waals surface area contributed by atoms with Crippen LogP contribution in [-0.2, 0) is 0 Å². The molecule has 2 heterocycles. The third-order valence-electron chi connectivity index (χ3n) is 2.45. The van der Waals surface area contributed by atoms with Crippen molar-refractivity contribution >= 4 is 21.8 Å². The number of nitrogens with zero attached hydrogens (tertiary/aromatic N) is 3. The van der Waals surface area contributed by atoms with Gasteiger partial charge in [0.1, 0.15) is 0 Å². The molecule has 6 heteroatoms. The van der Waals surface area contributed by atoms with E-state index in [4.69, 9.17) is 5.73 Å². The van der Waals surface area contributed by atoms with Crippen molar-refractivity contribution in [3.63, 3.8) is 0 Å². The number of carbonyl (C=O) groups excluding carboxylic acids is 1. The first-order valence-electron chi connectivity index (χ1n) is 4.98. The summed E-state index contributed by atoms with van der Waals surface area (Å²) in [5, 5.41) is 4.34. The molecule has 1 amide bonds. The van der Waals surface area contributed by atoms with Gasteiger partial charge in [0.2, 0.25) is 5.91 Å². The molecule has 17 heavy (non-hydrogen) atoms. The Kier molecular flexibility index (Phi) is 2.97. The number of pyridine rings is 1. The van der Waals surface area contributed by atoms with E-state index in [1.165, 1.54) is 0 Å². The van der Waals surface area contributed by atoms with E-state index in [1.807, 2.05) is 13.8 Å². The van der Waals surface area contributed by atoms with E-state index < -0.39 is 5.91 Å². The molecule has 2 aromatic rings. The number of hydrogen-bond donors (Lipinski definition) is 1. The van der Waals surface area contributed by atoms with Crippen molar-refractivity contribution in [1.29, 1.82) is 0 Å². The zero-order valence-corrected chi connectivity index (χ0v) is 11.0. The SMILES string of the molecule is Cc1nn(-c2cc(C(N)=O)ccn2)c(C)c1Br. The smallest absolute Gasteiger partial charge is 0.248 e. The summed E-state index contributed by atoms with van der Waals surface area (Å²) in [5.74, 6) is 0.0989. The fourth-order valence-electron chi connectivity index (χ4n) is 1.53. The van der Waals surface area contributed by atoms with Crippen molar-refractivity contribution in [1.82, 2.24) is 14.8 Å². The van der Waals surface area contributed by atoms with Gasteiger partial charge in [0.05, 0.1) is 15.9 Å². The lowest BCUT2D eigenvalue weighted by molar-refractivity contribution is 0.1000. The number of hydrogen-bond acceptors (Lipinski definition) is 3. The first kappa shape index (κ1) is 11.8. The molecule has 0 saturated heterocycles. The number of carbonyl (C=O) groups is 1. The first-order valence-corrected chi connectivity index (χ1v) is 5.78. The van der Waals surface area contributed by atoms with Crippen molar-refractivity contribution in [2.75, 3.05) is 0 Å². The summed E-state index contributed by atoms with van der Waals surface area (Å²) in [4.78, 5) is 15.3. The third kappa shape index (κ3) is 2.08. The van der Waals surface area contributed by atoms with Crippen molar-refractivity contribution in [2.24, 2.45) is 5.73 Å². The molecule has 0 spiro atoms. The van der Waals surface area contributed by atoms with Gasteiger partial charge in [-0.25, -0.2) is 9.67 Å². The number of rotatable bonds is 2. The van der Waals surface area contributed by atoms with Gasteiger partial charge in [-0.05, 0) is 41.9 Å². The second-order valence-corrected chi connectivity index (χ2v) is 4.46. The Balaban J connectivity index is 2.56. The number of aromatic nitrogens is 3.